The van der Waals surface area contributed by atoms with E-state index in [4.69, 9.17) is 0 Å². The lowest BCUT2D eigenvalue weighted by Crippen LogP contribution is -2.41. The largest absolute Gasteiger partial charge is 0.350 e. The van der Waals surface area contributed by atoms with Gasteiger partial charge in [0.15, 0.2) is 5.69 Å². The smallest absolute Gasteiger partial charge is 0.273 e. The first-order chi connectivity index (χ1) is 13.7. The van der Waals surface area contributed by atoms with Crippen molar-refractivity contribution in [3.63, 3.8) is 0 Å². The summed E-state index contributed by atoms with van der Waals surface area (Å²) in [5, 5.41) is 21.6. The van der Waals surface area contributed by atoms with Gasteiger partial charge in [-0.15, -0.1) is 5.10 Å². The topological polar surface area (TPSA) is 140 Å². The molecular formula is C17H22N6O5S. The van der Waals surface area contributed by atoms with Gasteiger partial charge >= 0.3 is 0 Å². The van der Waals surface area contributed by atoms with Crippen molar-refractivity contribution in [2.24, 2.45) is 5.92 Å². The van der Waals surface area contributed by atoms with Crippen LogP contribution in [0.1, 0.15) is 29.0 Å². The van der Waals surface area contributed by atoms with Gasteiger partial charge < -0.3 is 5.32 Å². The van der Waals surface area contributed by atoms with E-state index in [-0.39, 0.29) is 23.2 Å². The number of nitrogens with one attached hydrogen (secondary N) is 1. The number of non-ortho nitro benzene ring substituents is 1. The molecule has 3 rings (SSSR count). The Morgan fingerprint density at radius 2 is 2.03 bits per heavy atom. The van der Waals surface area contributed by atoms with Crippen LogP contribution in [0.5, 0.6) is 0 Å². The monoisotopic (exact) mass is 422 g/mol. The molecule has 1 aromatic carbocycles. The van der Waals surface area contributed by atoms with Crippen LogP contribution in [-0.4, -0.2) is 64.4 Å². The van der Waals surface area contributed by atoms with Crippen LogP contribution in [0, 0.1) is 23.0 Å². The highest BCUT2D eigenvalue weighted by molar-refractivity contribution is 7.88. The summed E-state index contributed by atoms with van der Waals surface area (Å²) in [6.45, 7) is 2.97. The second-order valence-corrected chi connectivity index (χ2v) is 9.01. The molecule has 0 spiro atoms. The number of nitrogens with zero attached hydrogens (tertiary/aromatic N) is 5. The summed E-state index contributed by atoms with van der Waals surface area (Å²) >= 11 is 0. The molecule has 2 aromatic rings. The van der Waals surface area contributed by atoms with Gasteiger partial charge in [0, 0.05) is 31.8 Å². The van der Waals surface area contributed by atoms with Gasteiger partial charge in [0.25, 0.3) is 11.6 Å². The fourth-order valence-corrected chi connectivity index (χ4v) is 4.16. The van der Waals surface area contributed by atoms with Crippen molar-refractivity contribution >= 4 is 21.6 Å². The zero-order valence-corrected chi connectivity index (χ0v) is 16.9. The maximum absolute atomic E-state index is 12.5. The van der Waals surface area contributed by atoms with E-state index in [9.17, 15) is 23.3 Å². The number of benzene rings is 1. The Bertz CT molecular complexity index is 1030. The number of rotatable bonds is 6. The average Bonchev–Trinajstić information content (AvgIpc) is 3.07. The first-order valence-corrected chi connectivity index (χ1v) is 10.9. The number of nitro benzene ring substituents is 1. The summed E-state index contributed by atoms with van der Waals surface area (Å²) in [6, 6.07) is 5.92. The molecule has 1 fully saturated rings. The molecule has 1 saturated heterocycles. The molecule has 0 unspecified atom stereocenters. The molecule has 11 nitrogen and oxygen atoms in total. The number of aromatic nitrogens is 3. The molecule has 0 aliphatic carbocycles. The summed E-state index contributed by atoms with van der Waals surface area (Å²) in [6.07, 6.45) is 2.54. The van der Waals surface area contributed by atoms with Gasteiger partial charge in [0.05, 0.1) is 22.6 Å². The standard InChI is InChI=1S/C17H22N6O5S/c1-12-16(19-20-22(12)14-4-3-5-15(10-14)23(25)26)17(24)18-11-13-6-8-21(9-7-13)29(2,27)28/h3-5,10,13H,6-9,11H2,1-2H3,(H,18,24). The Hall–Kier alpha value is -2.86. The number of sulfonamides is 1. The van der Waals surface area contributed by atoms with E-state index in [1.807, 2.05) is 0 Å². The third-order valence-corrected chi connectivity index (χ3v) is 6.29. The van der Waals surface area contributed by atoms with Gasteiger partial charge in [-0.1, -0.05) is 11.3 Å². The Labute approximate surface area is 167 Å². The molecule has 12 heteroatoms. The number of amides is 1. The van der Waals surface area contributed by atoms with E-state index in [1.54, 1.807) is 13.0 Å². The van der Waals surface area contributed by atoms with Crippen molar-refractivity contribution in [3.8, 4) is 5.69 Å². The minimum absolute atomic E-state index is 0.0798. The van der Waals surface area contributed by atoms with Crippen molar-refractivity contribution < 1.29 is 18.1 Å². The molecule has 1 amide bonds. The summed E-state index contributed by atoms with van der Waals surface area (Å²) < 4.78 is 25.9. The Balaban J connectivity index is 1.63. The van der Waals surface area contributed by atoms with Crippen molar-refractivity contribution in [1.29, 1.82) is 0 Å². The summed E-state index contributed by atoms with van der Waals surface area (Å²) in [5.41, 5.74) is 0.972. The maximum atomic E-state index is 12.5. The van der Waals surface area contributed by atoms with E-state index in [0.29, 0.717) is 43.9 Å². The lowest BCUT2D eigenvalue weighted by molar-refractivity contribution is -0.384. The van der Waals surface area contributed by atoms with Gasteiger partial charge in [-0.3, -0.25) is 14.9 Å². The molecule has 2 heterocycles. The highest BCUT2D eigenvalue weighted by Crippen LogP contribution is 2.20. The van der Waals surface area contributed by atoms with E-state index < -0.39 is 14.9 Å². The van der Waals surface area contributed by atoms with E-state index in [2.05, 4.69) is 15.6 Å². The number of carbonyl (C=O) groups is 1. The third kappa shape index (κ3) is 4.77. The quantitative estimate of drug-likeness (QED) is 0.538. The van der Waals surface area contributed by atoms with E-state index >= 15 is 0 Å². The number of carbonyl (C=O) groups excluding carboxylic acids is 1. The van der Waals surface area contributed by atoms with Crippen LogP contribution in [-0.2, 0) is 10.0 Å². The number of hydrogen-bond acceptors (Lipinski definition) is 7. The average molecular weight is 422 g/mol. The van der Waals surface area contributed by atoms with Crippen molar-refractivity contribution in [3.05, 3.63) is 45.8 Å². The number of nitro groups is 1. The molecular weight excluding hydrogens is 400 g/mol. The van der Waals surface area contributed by atoms with Crippen LogP contribution in [0.2, 0.25) is 0 Å². The lowest BCUT2D eigenvalue weighted by atomic mass is 9.98. The van der Waals surface area contributed by atoms with Crippen LogP contribution < -0.4 is 5.32 Å². The minimum Gasteiger partial charge on any atom is -0.350 e. The van der Waals surface area contributed by atoms with Crippen molar-refractivity contribution in [2.45, 2.75) is 19.8 Å². The van der Waals surface area contributed by atoms with E-state index in [1.165, 1.54) is 33.4 Å². The molecule has 1 aliphatic heterocycles. The summed E-state index contributed by atoms with van der Waals surface area (Å²) in [5.74, 6) is -0.200. The van der Waals surface area contributed by atoms with Crippen molar-refractivity contribution in [1.82, 2.24) is 24.6 Å². The van der Waals surface area contributed by atoms with Crippen LogP contribution in [0.15, 0.2) is 24.3 Å². The molecule has 1 N–H and O–H groups in total. The molecule has 0 saturated carbocycles. The van der Waals surface area contributed by atoms with Gasteiger partial charge in [0.1, 0.15) is 0 Å². The maximum Gasteiger partial charge on any atom is 0.273 e. The fourth-order valence-electron chi connectivity index (χ4n) is 3.29. The molecule has 0 bridgehead atoms. The van der Waals surface area contributed by atoms with Crippen LogP contribution in [0.3, 0.4) is 0 Å². The molecule has 0 atom stereocenters. The van der Waals surface area contributed by atoms with Gasteiger partial charge in [-0.25, -0.2) is 17.4 Å². The third-order valence-electron chi connectivity index (χ3n) is 4.99. The number of hydrogen-bond donors (Lipinski definition) is 1. The van der Waals surface area contributed by atoms with Gasteiger partial charge in [-0.2, -0.15) is 0 Å². The van der Waals surface area contributed by atoms with Crippen LogP contribution >= 0.6 is 0 Å². The zero-order valence-electron chi connectivity index (χ0n) is 16.1. The Kier molecular flexibility index (Phi) is 5.94. The van der Waals surface area contributed by atoms with Gasteiger partial charge in [-0.05, 0) is 31.7 Å². The predicted octanol–water partition coefficient (Wildman–Crippen LogP) is 0.885. The van der Waals surface area contributed by atoms with Gasteiger partial charge in [0.2, 0.25) is 10.0 Å². The minimum atomic E-state index is -3.18. The van der Waals surface area contributed by atoms with Crippen LogP contribution in [0.4, 0.5) is 5.69 Å². The van der Waals surface area contributed by atoms with E-state index in [0.717, 1.165) is 0 Å². The number of piperidine rings is 1. The predicted molar refractivity (Wildman–Crippen MR) is 104 cm³/mol. The molecule has 1 aromatic heterocycles. The van der Waals surface area contributed by atoms with Crippen molar-refractivity contribution in [2.75, 3.05) is 25.9 Å². The Morgan fingerprint density at radius 3 is 2.66 bits per heavy atom. The zero-order chi connectivity index (χ0) is 21.2. The highest BCUT2D eigenvalue weighted by atomic mass is 32.2. The lowest BCUT2D eigenvalue weighted by Gasteiger charge is -2.30. The fraction of sp³-hybridized carbons (Fsp3) is 0.471. The van der Waals surface area contributed by atoms with Crippen LogP contribution in [0.25, 0.3) is 5.69 Å². The molecule has 29 heavy (non-hydrogen) atoms. The SMILES string of the molecule is Cc1c(C(=O)NCC2CCN(S(C)(=O)=O)CC2)nnn1-c1cccc([N+](=O)[O-])c1. The first kappa shape index (κ1) is 20.9. The first-order valence-electron chi connectivity index (χ1n) is 9.07. The molecule has 1 aliphatic rings. The Morgan fingerprint density at radius 1 is 1.34 bits per heavy atom. The second kappa shape index (κ2) is 8.25. The summed E-state index contributed by atoms with van der Waals surface area (Å²) in [4.78, 5) is 23.0. The second-order valence-electron chi connectivity index (χ2n) is 7.03. The molecule has 0 radical (unpaired) electrons. The highest BCUT2D eigenvalue weighted by Gasteiger charge is 2.26. The normalized spacial score (nSPS) is 15.9. The molecule has 156 valence electrons. The summed E-state index contributed by atoms with van der Waals surface area (Å²) in [7, 11) is -3.18.